The molecule has 0 N–H and O–H groups in total. The van der Waals surface area contributed by atoms with Crippen LogP contribution in [0, 0.1) is 0 Å². The quantitative estimate of drug-likeness (QED) is 0.0953. The minimum Gasteiger partial charge on any atom is -1.00 e. The van der Waals surface area contributed by atoms with Crippen LogP contribution in [0.3, 0.4) is 0 Å². The first-order chi connectivity index (χ1) is 19.3. The molecular formula is C36H35BrNOP. The lowest BCUT2D eigenvalue weighted by molar-refractivity contribution is -0.00000839. The Morgan fingerprint density at radius 2 is 0.925 bits per heavy atom. The molecule has 0 aliphatic rings. The molecule has 5 aromatic rings. The molecule has 0 spiro atoms. The van der Waals surface area contributed by atoms with Gasteiger partial charge in [0.1, 0.15) is 15.9 Å². The Labute approximate surface area is 250 Å². The summed E-state index contributed by atoms with van der Waals surface area (Å²) in [4.78, 5) is 5.25. The van der Waals surface area contributed by atoms with Crippen LogP contribution in [0.4, 0.5) is 0 Å². The molecule has 0 aromatic heterocycles. The van der Waals surface area contributed by atoms with Crippen molar-refractivity contribution in [3.63, 3.8) is 0 Å². The van der Waals surface area contributed by atoms with Gasteiger partial charge in [-0.05, 0) is 53.9 Å². The van der Waals surface area contributed by atoms with E-state index in [1.807, 2.05) is 0 Å². The molecule has 0 amide bonds. The molecule has 0 aliphatic heterocycles. The van der Waals surface area contributed by atoms with Gasteiger partial charge in [-0.3, -0.25) is 4.99 Å². The van der Waals surface area contributed by atoms with E-state index in [9.17, 15) is 0 Å². The second kappa shape index (κ2) is 14.7. The second-order valence-electron chi connectivity index (χ2n) is 9.54. The largest absolute Gasteiger partial charge is 1.00 e. The summed E-state index contributed by atoms with van der Waals surface area (Å²) in [6.45, 7) is 2.93. The molecule has 0 saturated heterocycles. The van der Waals surface area contributed by atoms with Gasteiger partial charge in [-0.2, -0.15) is 0 Å². The highest BCUT2D eigenvalue weighted by atomic mass is 79.9. The first kappa shape index (κ1) is 29.5. The molecular weight excluding hydrogens is 573 g/mol. The van der Waals surface area contributed by atoms with Crippen LogP contribution in [0.5, 0.6) is 0 Å². The molecule has 40 heavy (non-hydrogen) atoms. The number of hydrogen-bond acceptors (Lipinski definition) is 2. The van der Waals surface area contributed by atoms with E-state index in [0.29, 0.717) is 0 Å². The van der Waals surface area contributed by atoms with Crippen molar-refractivity contribution in [1.82, 2.24) is 0 Å². The molecule has 2 nitrogen and oxygen atoms in total. The molecule has 0 heterocycles. The van der Waals surface area contributed by atoms with Gasteiger partial charge in [-0.1, -0.05) is 129 Å². The Bertz CT molecular complexity index is 1310. The summed E-state index contributed by atoms with van der Waals surface area (Å²) in [5.74, 6) is 0.644. The zero-order valence-electron chi connectivity index (χ0n) is 22.8. The molecule has 0 fully saturated rings. The second-order valence-corrected chi connectivity index (χ2v) is 12.5. The molecule has 0 saturated carbocycles. The van der Waals surface area contributed by atoms with E-state index in [0.717, 1.165) is 25.3 Å². The number of nitrogens with zero attached hydrogens (tertiary/aromatic N) is 1. The fourth-order valence-electron chi connectivity index (χ4n) is 4.95. The topological polar surface area (TPSA) is 21.6 Å². The van der Waals surface area contributed by atoms with E-state index in [1.54, 1.807) is 0 Å². The molecule has 5 rings (SSSR count). The number of hydrogen-bond donors (Lipinski definition) is 0. The normalized spacial score (nSPS) is 11.6. The Hall–Kier alpha value is -3.52. The van der Waals surface area contributed by atoms with E-state index in [4.69, 9.17) is 9.52 Å². The van der Waals surface area contributed by atoms with Crippen LogP contribution in [-0.2, 0) is 4.52 Å². The molecule has 0 aliphatic carbocycles. The zero-order valence-corrected chi connectivity index (χ0v) is 25.3. The van der Waals surface area contributed by atoms with Gasteiger partial charge in [-0.15, -0.1) is 0 Å². The number of unbranched alkanes of at least 4 members (excludes halogenated alkanes) is 1. The third-order valence-electron chi connectivity index (χ3n) is 6.88. The molecule has 0 bridgehead atoms. The fraction of sp³-hybridized carbons (Fsp3) is 0.139. The highest BCUT2D eigenvalue weighted by Crippen LogP contribution is 2.57. The lowest BCUT2D eigenvalue weighted by Gasteiger charge is -2.29. The first-order valence-corrected chi connectivity index (χ1v) is 15.4. The SMILES string of the molecule is CCCCN=C(O[P+](c1ccccc1)(c1ccccc1)c1ccccc1)C(c1ccccc1)c1ccccc1.[Br-]. The summed E-state index contributed by atoms with van der Waals surface area (Å²) in [6, 6.07) is 53.4. The van der Waals surface area contributed by atoms with Crippen molar-refractivity contribution in [2.45, 2.75) is 25.7 Å². The number of rotatable bonds is 10. The highest BCUT2D eigenvalue weighted by Gasteiger charge is 2.51. The Morgan fingerprint density at radius 3 is 1.27 bits per heavy atom. The van der Waals surface area contributed by atoms with Crippen LogP contribution in [0.2, 0.25) is 0 Å². The third kappa shape index (κ3) is 6.61. The maximum Gasteiger partial charge on any atom is 0.289 e. The van der Waals surface area contributed by atoms with Gasteiger partial charge in [0.15, 0.2) is 0 Å². The van der Waals surface area contributed by atoms with Crippen molar-refractivity contribution in [3.8, 4) is 0 Å². The van der Waals surface area contributed by atoms with E-state index < -0.39 is 7.49 Å². The Kier molecular flexibility index (Phi) is 10.9. The van der Waals surface area contributed by atoms with Crippen LogP contribution in [0.1, 0.15) is 36.8 Å². The standard InChI is InChI=1S/C36H35NOP.BrH/c1-2-3-29-37-36(35(30-19-9-4-10-20-30)31-21-11-5-12-22-31)38-39(32-23-13-6-14-24-32,33-25-15-7-16-26-33)34-27-17-8-18-28-34;/h4-28,35H,2-3,29H2,1H3;1H/q+1;/p-1. The summed E-state index contributed by atoms with van der Waals surface area (Å²) in [5, 5.41) is 3.52. The lowest BCUT2D eigenvalue weighted by Crippen LogP contribution is -3.00. The van der Waals surface area contributed by atoms with Gasteiger partial charge in [0, 0.05) is 6.54 Å². The minimum atomic E-state index is -2.58. The van der Waals surface area contributed by atoms with Crippen molar-refractivity contribution in [2.24, 2.45) is 4.99 Å². The van der Waals surface area contributed by atoms with E-state index in [1.165, 1.54) is 27.0 Å². The number of benzene rings is 5. The first-order valence-electron chi connectivity index (χ1n) is 13.7. The van der Waals surface area contributed by atoms with Crippen molar-refractivity contribution in [3.05, 3.63) is 163 Å². The van der Waals surface area contributed by atoms with Crippen LogP contribution >= 0.6 is 7.49 Å². The summed E-state index contributed by atoms with van der Waals surface area (Å²) in [6.07, 6.45) is 2.09. The van der Waals surface area contributed by atoms with Gasteiger partial charge in [0.05, 0.1) is 5.92 Å². The Balaban J connectivity index is 0.00000370. The average molecular weight is 609 g/mol. The molecule has 4 heteroatoms. The van der Waals surface area contributed by atoms with Crippen LogP contribution in [0.25, 0.3) is 0 Å². The number of halogens is 1. The summed E-state index contributed by atoms with van der Waals surface area (Å²) in [5.41, 5.74) is 2.34. The monoisotopic (exact) mass is 607 g/mol. The molecule has 0 radical (unpaired) electrons. The zero-order chi connectivity index (χ0) is 26.8. The van der Waals surface area contributed by atoms with E-state index >= 15 is 0 Å². The van der Waals surface area contributed by atoms with E-state index in [-0.39, 0.29) is 22.9 Å². The minimum absolute atomic E-state index is 0. The van der Waals surface area contributed by atoms with Gasteiger partial charge >= 0.3 is 0 Å². The number of aliphatic imine (C=N–C) groups is 1. The predicted octanol–water partition coefficient (Wildman–Crippen LogP) is 4.95. The molecule has 0 atom stereocenters. The van der Waals surface area contributed by atoms with Gasteiger partial charge in [0.25, 0.3) is 7.49 Å². The van der Waals surface area contributed by atoms with Gasteiger partial charge in [0.2, 0.25) is 5.90 Å². The van der Waals surface area contributed by atoms with E-state index in [2.05, 4.69) is 159 Å². The maximum atomic E-state index is 7.58. The van der Waals surface area contributed by atoms with Gasteiger partial charge in [-0.25, -0.2) is 0 Å². The molecule has 5 aromatic carbocycles. The van der Waals surface area contributed by atoms with Crippen LogP contribution in [-0.4, -0.2) is 12.4 Å². The summed E-state index contributed by atoms with van der Waals surface area (Å²) < 4.78 is 7.58. The summed E-state index contributed by atoms with van der Waals surface area (Å²) in [7, 11) is -2.58. The van der Waals surface area contributed by atoms with Crippen molar-refractivity contribution in [2.75, 3.05) is 6.54 Å². The maximum absolute atomic E-state index is 7.58. The average Bonchev–Trinajstić information content (AvgIpc) is 3.02. The fourth-order valence-corrected chi connectivity index (χ4v) is 8.38. The molecule has 0 unspecified atom stereocenters. The third-order valence-corrected chi connectivity index (χ3v) is 10.4. The molecule has 202 valence electrons. The highest BCUT2D eigenvalue weighted by molar-refractivity contribution is 7.92. The predicted molar refractivity (Wildman–Crippen MR) is 168 cm³/mol. The van der Waals surface area contributed by atoms with Crippen molar-refractivity contribution >= 4 is 29.3 Å². The van der Waals surface area contributed by atoms with Gasteiger partial charge < -0.3 is 21.5 Å². The van der Waals surface area contributed by atoms with Crippen LogP contribution in [0.15, 0.2) is 157 Å². The van der Waals surface area contributed by atoms with Crippen molar-refractivity contribution < 1.29 is 21.5 Å². The summed E-state index contributed by atoms with van der Waals surface area (Å²) >= 11 is 0. The van der Waals surface area contributed by atoms with Crippen LogP contribution < -0.4 is 32.9 Å². The lowest BCUT2D eigenvalue weighted by atomic mass is 9.91. The smallest absolute Gasteiger partial charge is 0.289 e. The van der Waals surface area contributed by atoms with Crippen molar-refractivity contribution in [1.29, 1.82) is 0 Å². The Morgan fingerprint density at radius 1 is 0.575 bits per heavy atom.